The normalized spacial score (nSPS) is 16.8. The summed E-state index contributed by atoms with van der Waals surface area (Å²) in [6.07, 6.45) is 1.83. The van der Waals surface area contributed by atoms with E-state index in [2.05, 4.69) is 10.4 Å². The molecule has 0 unspecified atom stereocenters. The molecule has 92 valence electrons. The van der Waals surface area contributed by atoms with Gasteiger partial charge in [0.15, 0.2) is 0 Å². The Hall–Kier alpha value is -1.26. The lowest BCUT2D eigenvalue weighted by Crippen LogP contribution is -2.40. The highest BCUT2D eigenvalue weighted by Crippen LogP contribution is 2.16. The van der Waals surface area contributed by atoms with Gasteiger partial charge in [-0.3, -0.25) is 15.2 Å². The molecule has 2 rings (SSSR count). The van der Waals surface area contributed by atoms with Crippen LogP contribution in [0, 0.1) is 0 Å². The van der Waals surface area contributed by atoms with E-state index in [-0.39, 0.29) is 12.4 Å². The van der Waals surface area contributed by atoms with Gasteiger partial charge in [-0.15, -0.1) is 12.4 Å². The molecule has 1 aromatic rings. The fourth-order valence-corrected chi connectivity index (χ4v) is 1.76. The van der Waals surface area contributed by atoms with Crippen LogP contribution in [0.3, 0.4) is 0 Å². The average Bonchev–Trinajstić information content (AvgIpc) is 2.66. The summed E-state index contributed by atoms with van der Waals surface area (Å²) in [7, 11) is 0. The van der Waals surface area contributed by atoms with E-state index in [0.29, 0.717) is 0 Å². The molecule has 0 bridgehead atoms. The van der Waals surface area contributed by atoms with Gasteiger partial charge in [0.05, 0.1) is 5.69 Å². The number of nitrogens with zero attached hydrogens (tertiary/aromatic N) is 2. The summed E-state index contributed by atoms with van der Waals surface area (Å²) in [5.41, 5.74) is 3.42. The molecule has 0 aromatic heterocycles. The van der Waals surface area contributed by atoms with Crippen molar-refractivity contribution in [2.24, 2.45) is 4.99 Å². The van der Waals surface area contributed by atoms with Crippen molar-refractivity contribution in [2.75, 3.05) is 6.54 Å². The van der Waals surface area contributed by atoms with Crippen molar-refractivity contribution < 1.29 is 4.79 Å². The highest BCUT2D eigenvalue weighted by atomic mass is 35.5. The van der Waals surface area contributed by atoms with Gasteiger partial charge in [0.25, 0.3) is 0 Å². The Labute approximate surface area is 111 Å². The fourth-order valence-electron chi connectivity index (χ4n) is 1.65. The Balaban J connectivity index is 0.00000144. The SMILES string of the molecule is Cl.O=C(Cl)NN1CCCC1=Nc1ccccc1. The predicted octanol–water partition coefficient (Wildman–Crippen LogP) is 3.10. The molecule has 1 amide bonds. The van der Waals surface area contributed by atoms with Gasteiger partial charge in [-0.1, -0.05) is 18.2 Å². The van der Waals surface area contributed by atoms with Crippen molar-refractivity contribution in [1.82, 2.24) is 10.4 Å². The molecule has 0 saturated carbocycles. The number of halogens is 2. The van der Waals surface area contributed by atoms with Gasteiger partial charge in [0.2, 0.25) is 0 Å². The van der Waals surface area contributed by atoms with E-state index in [1.807, 2.05) is 30.3 Å². The molecule has 1 aliphatic heterocycles. The minimum absolute atomic E-state index is 0. The third kappa shape index (κ3) is 3.91. The standard InChI is InChI=1S/C11H12ClN3O.ClH/c12-11(16)14-15-8-4-7-10(15)13-9-5-2-1-3-6-9;/h1-3,5-6H,4,7-8H2,(H,14,16);1H. The van der Waals surface area contributed by atoms with Crippen LogP contribution < -0.4 is 5.43 Å². The van der Waals surface area contributed by atoms with Gasteiger partial charge in [-0.05, 0) is 30.2 Å². The monoisotopic (exact) mass is 273 g/mol. The number of hydrazine groups is 1. The van der Waals surface area contributed by atoms with E-state index in [1.54, 1.807) is 5.01 Å². The van der Waals surface area contributed by atoms with Crippen LogP contribution in [0.15, 0.2) is 35.3 Å². The molecule has 1 saturated heterocycles. The number of amides is 1. The number of hydrogen-bond donors (Lipinski definition) is 1. The van der Waals surface area contributed by atoms with Crippen LogP contribution >= 0.6 is 24.0 Å². The predicted molar refractivity (Wildman–Crippen MR) is 71.1 cm³/mol. The minimum atomic E-state index is -0.581. The number of carbonyl (C=O) groups is 1. The quantitative estimate of drug-likeness (QED) is 0.665. The topological polar surface area (TPSA) is 44.7 Å². The molecule has 0 atom stereocenters. The maximum Gasteiger partial charge on any atom is 0.332 e. The number of amidine groups is 1. The van der Waals surface area contributed by atoms with Crippen molar-refractivity contribution in [3.05, 3.63) is 30.3 Å². The Morgan fingerprint density at radius 2 is 2.06 bits per heavy atom. The number of aliphatic imine (C=N–C) groups is 1. The zero-order chi connectivity index (χ0) is 11.4. The van der Waals surface area contributed by atoms with Gasteiger partial charge < -0.3 is 0 Å². The highest BCUT2D eigenvalue weighted by Gasteiger charge is 2.19. The van der Waals surface area contributed by atoms with Crippen LogP contribution in [0.2, 0.25) is 0 Å². The Morgan fingerprint density at radius 3 is 2.71 bits per heavy atom. The second-order valence-corrected chi connectivity index (χ2v) is 3.85. The van der Waals surface area contributed by atoms with Crippen molar-refractivity contribution in [3.8, 4) is 0 Å². The zero-order valence-electron chi connectivity index (χ0n) is 9.10. The average molecular weight is 274 g/mol. The van der Waals surface area contributed by atoms with Crippen molar-refractivity contribution in [1.29, 1.82) is 0 Å². The largest absolute Gasteiger partial charge is 0.332 e. The summed E-state index contributed by atoms with van der Waals surface area (Å²) in [5.74, 6) is 0.847. The molecule has 0 spiro atoms. The molecule has 17 heavy (non-hydrogen) atoms. The maximum atomic E-state index is 10.8. The number of hydrogen-bond acceptors (Lipinski definition) is 2. The first-order chi connectivity index (χ1) is 7.75. The number of benzene rings is 1. The molecule has 1 heterocycles. The van der Waals surface area contributed by atoms with Crippen molar-refractivity contribution >= 4 is 40.9 Å². The molecule has 1 N–H and O–H groups in total. The Kier molecular flexibility index (Phi) is 5.25. The fraction of sp³-hybridized carbons (Fsp3) is 0.273. The Morgan fingerprint density at radius 1 is 1.35 bits per heavy atom. The number of carbonyl (C=O) groups excluding carboxylic acids is 1. The first-order valence-corrected chi connectivity index (χ1v) is 5.50. The van der Waals surface area contributed by atoms with Gasteiger partial charge in [0, 0.05) is 13.0 Å². The van der Waals surface area contributed by atoms with E-state index in [0.717, 1.165) is 30.9 Å². The lowest BCUT2D eigenvalue weighted by atomic mass is 10.3. The molecule has 0 radical (unpaired) electrons. The van der Waals surface area contributed by atoms with Crippen LogP contribution in [0.25, 0.3) is 0 Å². The van der Waals surface area contributed by atoms with Gasteiger partial charge >= 0.3 is 5.37 Å². The second-order valence-electron chi connectivity index (χ2n) is 3.50. The van der Waals surface area contributed by atoms with Crippen molar-refractivity contribution in [2.45, 2.75) is 12.8 Å². The van der Waals surface area contributed by atoms with Crippen LogP contribution in [0.1, 0.15) is 12.8 Å². The van der Waals surface area contributed by atoms with Crippen LogP contribution in [-0.4, -0.2) is 22.8 Å². The first kappa shape index (κ1) is 13.8. The molecular formula is C11H13Cl2N3O. The van der Waals surface area contributed by atoms with Crippen LogP contribution in [0.4, 0.5) is 10.5 Å². The van der Waals surface area contributed by atoms with Gasteiger partial charge in [-0.25, -0.2) is 4.99 Å². The zero-order valence-corrected chi connectivity index (χ0v) is 10.7. The summed E-state index contributed by atoms with van der Waals surface area (Å²) in [4.78, 5) is 15.2. The van der Waals surface area contributed by atoms with E-state index < -0.39 is 5.37 Å². The smallest absolute Gasteiger partial charge is 0.271 e. The first-order valence-electron chi connectivity index (χ1n) is 5.12. The van der Waals surface area contributed by atoms with Gasteiger partial charge in [-0.2, -0.15) is 0 Å². The number of para-hydroxylation sites is 1. The van der Waals surface area contributed by atoms with Crippen molar-refractivity contribution in [3.63, 3.8) is 0 Å². The summed E-state index contributed by atoms with van der Waals surface area (Å²) < 4.78 is 0. The second kappa shape index (κ2) is 6.47. The van der Waals surface area contributed by atoms with Crippen LogP contribution in [0.5, 0.6) is 0 Å². The number of rotatable bonds is 2. The summed E-state index contributed by atoms with van der Waals surface area (Å²) in [6.45, 7) is 0.754. The highest BCUT2D eigenvalue weighted by molar-refractivity contribution is 6.62. The molecule has 6 heteroatoms. The molecule has 1 fully saturated rings. The summed E-state index contributed by atoms with van der Waals surface area (Å²) >= 11 is 5.28. The summed E-state index contributed by atoms with van der Waals surface area (Å²) in [6, 6.07) is 9.65. The Bertz CT molecular complexity index is 408. The van der Waals surface area contributed by atoms with E-state index in [1.165, 1.54) is 0 Å². The maximum absolute atomic E-state index is 10.8. The minimum Gasteiger partial charge on any atom is -0.271 e. The lowest BCUT2D eigenvalue weighted by molar-refractivity contribution is 0.241. The lowest BCUT2D eigenvalue weighted by Gasteiger charge is -2.17. The van der Waals surface area contributed by atoms with Crippen LogP contribution in [-0.2, 0) is 0 Å². The van der Waals surface area contributed by atoms with E-state index in [9.17, 15) is 4.79 Å². The van der Waals surface area contributed by atoms with Gasteiger partial charge in [0.1, 0.15) is 5.84 Å². The molecule has 0 aliphatic carbocycles. The molecule has 1 aromatic carbocycles. The van der Waals surface area contributed by atoms with E-state index in [4.69, 9.17) is 11.6 Å². The molecule has 4 nitrogen and oxygen atoms in total. The molecular weight excluding hydrogens is 261 g/mol. The molecule has 1 aliphatic rings. The number of nitrogens with one attached hydrogen (secondary N) is 1. The third-order valence-corrected chi connectivity index (χ3v) is 2.42. The third-order valence-electron chi connectivity index (χ3n) is 2.33. The summed E-state index contributed by atoms with van der Waals surface area (Å²) in [5, 5.41) is 1.12. The van der Waals surface area contributed by atoms with E-state index >= 15 is 0 Å².